The largest absolute Gasteiger partial charge is 0.325 e. The van der Waals surface area contributed by atoms with Crippen molar-refractivity contribution < 1.29 is 4.79 Å². The van der Waals surface area contributed by atoms with E-state index in [1.54, 1.807) is 10.6 Å². The quantitative estimate of drug-likeness (QED) is 0.467. The minimum Gasteiger partial charge on any atom is -0.325 e. The summed E-state index contributed by atoms with van der Waals surface area (Å²) < 4.78 is 1.67. The van der Waals surface area contributed by atoms with Crippen LogP contribution in [0.15, 0.2) is 58.5 Å². The van der Waals surface area contributed by atoms with Gasteiger partial charge in [-0.05, 0) is 42.2 Å². The maximum absolute atomic E-state index is 12.8. The molecule has 0 bridgehead atoms. The van der Waals surface area contributed by atoms with Crippen LogP contribution in [0.5, 0.6) is 0 Å². The minimum atomic E-state index is -0.114. The lowest BCUT2D eigenvalue weighted by Crippen LogP contribution is -2.24. The van der Waals surface area contributed by atoms with E-state index in [1.807, 2.05) is 43.3 Å². The fourth-order valence-corrected chi connectivity index (χ4v) is 3.81. The first kappa shape index (κ1) is 20.1. The van der Waals surface area contributed by atoms with Crippen molar-refractivity contribution in [3.63, 3.8) is 0 Å². The molecule has 0 fully saturated rings. The highest BCUT2D eigenvalue weighted by atomic mass is 32.2. The number of nitrogens with one attached hydrogen (secondary N) is 1. The Morgan fingerprint density at radius 1 is 1.18 bits per heavy atom. The average molecular weight is 396 g/mol. The summed E-state index contributed by atoms with van der Waals surface area (Å²) in [5, 5.41) is 4.12. The summed E-state index contributed by atoms with van der Waals surface area (Å²) in [6.07, 6.45) is 0.821. The Morgan fingerprint density at radius 3 is 2.71 bits per heavy atom. The van der Waals surface area contributed by atoms with Crippen molar-refractivity contribution in [1.29, 1.82) is 0 Å². The molecule has 3 aromatic rings. The summed E-state index contributed by atoms with van der Waals surface area (Å²) in [7, 11) is 0. The molecule has 1 aromatic heterocycles. The molecule has 0 atom stereocenters. The standard InChI is InChI=1S/C22H25N3O2S/c1-4-12-25-21(27)18-10-5-6-11-19(18)24-22(25)28-14-20(26)23-17-9-7-8-16(13-17)15(2)3/h5-11,13,15H,4,12,14H2,1-3H3,(H,23,26). The van der Waals surface area contributed by atoms with Crippen LogP contribution in [0.4, 0.5) is 5.69 Å². The summed E-state index contributed by atoms with van der Waals surface area (Å²) in [6, 6.07) is 15.2. The number of amides is 1. The second-order valence-corrected chi connectivity index (χ2v) is 7.93. The van der Waals surface area contributed by atoms with E-state index >= 15 is 0 Å². The van der Waals surface area contributed by atoms with Crippen LogP contribution < -0.4 is 10.9 Å². The van der Waals surface area contributed by atoms with E-state index < -0.39 is 0 Å². The van der Waals surface area contributed by atoms with Crippen LogP contribution in [0, 0.1) is 0 Å². The molecule has 0 aliphatic carbocycles. The Kier molecular flexibility index (Phi) is 6.52. The van der Waals surface area contributed by atoms with E-state index in [-0.39, 0.29) is 17.2 Å². The molecule has 5 nitrogen and oxygen atoms in total. The number of hydrogen-bond acceptors (Lipinski definition) is 4. The number of thioether (sulfide) groups is 1. The van der Waals surface area contributed by atoms with Crippen LogP contribution in [0.1, 0.15) is 38.7 Å². The van der Waals surface area contributed by atoms with Crippen molar-refractivity contribution in [1.82, 2.24) is 9.55 Å². The third-order valence-electron chi connectivity index (χ3n) is 4.44. The van der Waals surface area contributed by atoms with Crippen molar-refractivity contribution in [2.45, 2.75) is 44.8 Å². The lowest BCUT2D eigenvalue weighted by Gasteiger charge is -2.13. The van der Waals surface area contributed by atoms with Crippen molar-refractivity contribution >= 4 is 34.3 Å². The summed E-state index contributed by atoms with van der Waals surface area (Å²) in [5.74, 6) is 0.480. The maximum Gasteiger partial charge on any atom is 0.262 e. The van der Waals surface area contributed by atoms with Gasteiger partial charge in [-0.2, -0.15) is 0 Å². The van der Waals surface area contributed by atoms with Gasteiger partial charge in [-0.15, -0.1) is 0 Å². The van der Waals surface area contributed by atoms with E-state index in [4.69, 9.17) is 0 Å². The molecule has 3 rings (SSSR count). The van der Waals surface area contributed by atoms with Crippen molar-refractivity contribution in [2.24, 2.45) is 0 Å². The molecule has 0 radical (unpaired) electrons. The van der Waals surface area contributed by atoms with Gasteiger partial charge in [0.1, 0.15) is 0 Å². The van der Waals surface area contributed by atoms with Gasteiger partial charge in [0.25, 0.3) is 5.56 Å². The highest BCUT2D eigenvalue weighted by Gasteiger charge is 2.13. The maximum atomic E-state index is 12.8. The number of nitrogens with zero attached hydrogens (tertiary/aromatic N) is 2. The number of hydrogen-bond donors (Lipinski definition) is 1. The molecular formula is C22H25N3O2S. The molecule has 1 heterocycles. The predicted octanol–water partition coefficient (Wildman–Crippen LogP) is 4.66. The Bertz CT molecular complexity index is 1040. The fourth-order valence-electron chi connectivity index (χ4n) is 2.98. The zero-order valence-electron chi connectivity index (χ0n) is 16.4. The molecule has 0 saturated carbocycles. The molecule has 1 N–H and O–H groups in total. The zero-order chi connectivity index (χ0) is 20.1. The third kappa shape index (κ3) is 4.62. The van der Waals surface area contributed by atoms with Gasteiger partial charge in [-0.1, -0.05) is 56.8 Å². The predicted molar refractivity (Wildman–Crippen MR) is 116 cm³/mol. The molecule has 0 spiro atoms. The van der Waals surface area contributed by atoms with Crippen LogP contribution in [-0.4, -0.2) is 21.2 Å². The molecule has 6 heteroatoms. The molecule has 2 aromatic carbocycles. The Balaban J connectivity index is 1.77. The number of anilines is 1. The van der Waals surface area contributed by atoms with E-state index in [9.17, 15) is 9.59 Å². The van der Waals surface area contributed by atoms with Crippen LogP contribution in [0.3, 0.4) is 0 Å². The fraction of sp³-hybridized carbons (Fsp3) is 0.318. The van der Waals surface area contributed by atoms with E-state index in [0.29, 0.717) is 28.5 Å². The molecule has 0 aliphatic heterocycles. The number of carbonyl (C=O) groups excluding carboxylic acids is 1. The monoisotopic (exact) mass is 395 g/mol. The number of aromatic nitrogens is 2. The van der Waals surface area contributed by atoms with Gasteiger partial charge in [0, 0.05) is 12.2 Å². The smallest absolute Gasteiger partial charge is 0.262 e. The first-order valence-corrected chi connectivity index (χ1v) is 10.5. The van der Waals surface area contributed by atoms with Crippen LogP contribution in [0.2, 0.25) is 0 Å². The second-order valence-electron chi connectivity index (χ2n) is 6.99. The SMILES string of the molecule is CCCn1c(SCC(=O)Nc2cccc(C(C)C)c2)nc2ccccc2c1=O. The van der Waals surface area contributed by atoms with Gasteiger partial charge >= 0.3 is 0 Å². The van der Waals surface area contributed by atoms with Gasteiger partial charge in [0.05, 0.1) is 16.7 Å². The number of fused-ring (bicyclic) bond motifs is 1. The molecule has 28 heavy (non-hydrogen) atoms. The normalized spacial score (nSPS) is 11.1. The van der Waals surface area contributed by atoms with Crippen LogP contribution in [0.25, 0.3) is 10.9 Å². The number of benzene rings is 2. The summed E-state index contributed by atoms with van der Waals surface area (Å²) >= 11 is 1.29. The van der Waals surface area contributed by atoms with E-state index in [2.05, 4.69) is 30.2 Å². The molecular weight excluding hydrogens is 370 g/mol. The molecule has 146 valence electrons. The topological polar surface area (TPSA) is 64.0 Å². The first-order chi connectivity index (χ1) is 13.5. The van der Waals surface area contributed by atoms with Gasteiger partial charge in [-0.3, -0.25) is 14.2 Å². The number of para-hydroxylation sites is 1. The Morgan fingerprint density at radius 2 is 1.96 bits per heavy atom. The minimum absolute atomic E-state index is 0.0556. The summed E-state index contributed by atoms with van der Waals surface area (Å²) in [5.41, 5.74) is 2.57. The highest BCUT2D eigenvalue weighted by molar-refractivity contribution is 7.99. The highest BCUT2D eigenvalue weighted by Crippen LogP contribution is 2.21. The molecule has 0 saturated heterocycles. The van der Waals surface area contributed by atoms with Gasteiger partial charge in [-0.25, -0.2) is 4.98 Å². The second kappa shape index (κ2) is 9.06. The lowest BCUT2D eigenvalue weighted by molar-refractivity contribution is -0.113. The van der Waals surface area contributed by atoms with Crippen molar-refractivity contribution in [3.8, 4) is 0 Å². The Labute approximate surface area is 169 Å². The van der Waals surface area contributed by atoms with Gasteiger partial charge < -0.3 is 5.32 Å². The van der Waals surface area contributed by atoms with Crippen molar-refractivity contribution in [2.75, 3.05) is 11.1 Å². The van der Waals surface area contributed by atoms with E-state index in [1.165, 1.54) is 17.3 Å². The Hall–Kier alpha value is -2.60. The van der Waals surface area contributed by atoms with Crippen LogP contribution >= 0.6 is 11.8 Å². The van der Waals surface area contributed by atoms with Gasteiger partial charge in [0.2, 0.25) is 5.91 Å². The van der Waals surface area contributed by atoms with Gasteiger partial charge in [0.15, 0.2) is 5.16 Å². The molecule has 0 aliphatic rings. The van der Waals surface area contributed by atoms with Crippen molar-refractivity contribution in [3.05, 3.63) is 64.4 Å². The third-order valence-corrected chi connectivity index (χ3v) is 5.42. The molecule has 1 amide bonds. The molecule has 0 unspecified atom stereocenters. The summed E-state index contributed by atoms with van der Waals surface area (Å²) in [4.78, 5) is 29.8. The average Bonchev–Trinajstić information content (AvgIpc) is 2.69. The summed E-state index contributed by atoms with van der Waals surface area (Å²) in [6.45, 7) is 6.84. The first-order valence-electron chi connectivity index (χ1n) is 9.51. The lowest BCUT2D eigenvalue weighted by atomic mass is 10.0. The zero-order valence-corrected chi connectivity index (χ0v) is 17.3. The van der Waals surface area contributed by atoms with Crippen LogP contribution in [-0.2, 0) is 11.3 Å². The number of rotatable bonds is 7. The number of carbonyl (C=O) groups is 1. The van der Waals surface area contributed by atoms with E-state index in [0.717, 1.165) is 12.1 Å².